The fourth-order valence-electron chi connectivity index (χ4n) is 1.65. The summed E-state index contributed by atoms with van der Waals surface area (Å²) in [6.45, 7) is 2.18. The Balaban J connectivity index is 2.00. The first-order valence-corrected chi connectivity index (χ1v) is 6.03. The van der Waals surface area contributed by atoms with Crippen molar-refractivity contribution in [3.8, 4) is 0 Å². The fourth-order valence-corrected chi connectivity index (χ4v) is 1.65. The molecule has 2 aromatic rings. The van der Waals surface area contributed by atoms with Crippen LogP contribution in [0.25, 0.3) is 0 Å². The van der Waals surface area contributed by atoms with Gasteiger partial charge in [0, 0.05) is 25.4 Å². The van der Waals surface area contributed by atoms with E-state index in [-0.39, 0.29) is 0 Å². The SMILES string of the molecule is CC(CCn1nnnc1Cc1ccncc1)C(=O)O. The van der Waals surface area contributed by atoms with E-state index in [1.54, 1.807) is 24.0 Å². The fraction of sp³-hybridized carbons (Fsp3) is 0.417. The van der Waals surface area contributed by atoms with Gasteiger partial charge in [0.2, 0.25) is 0 Å². The smallest absolute Gasteiger partial charge is 0.306 e. The van der Waals surface area contributed by atoms with Gasteiger partial charge in [-0.05, 0) is 34.5 Å². The van der Waals surface area contributed by atoms with E-state index in [2.05, 4.69) is 20.5 Å². The molecule has 2 heterocycles. The van der Waals surface area contributed by atoms with E-state index >= 15 is 0 Å². The second-order valence-corrected chi connectivity index (χ2v) is 4.38. The van der Waals surface area contributed by atoms with Gasteiger partial charge in [0.1, 0.15) is 0 Å². The summed E-state index contributed by atoms with van der Waals surface area (Å²) in [5.41, 5.74) is 1.07. The molecule has 0 aliphatic heterocycles. The third kappa shape index (κ3) is 3.57. The number of hydrogen-bond acceptors (Lipinski definition) is 5. The number of aromatic nitrogens is 5. The summed E-state index contributed by atoms with van der Waals surface area (Å²) in [7, 11) is 0. The van der Waals surface area contributed by atoms with E-state index in [4.69, 9.17) is 5.11 Å². The summed E-state index contributed by atoms with van der Waals surface area (Å²) < 4.78 is 1.65. The van der Waals surface area contributed by atoms with Crippen molar-refractivity contribution < 1.29 is 9.90 Å². The number of carboxylic acid groups (broad SMARTS) is 1. The average molecular weight is 261 g/mol. The van der Waals surface area contributed by atoms with Crippen LogP contribution in [-0.2, 0) is 17.8 Å². The molecule has 0 aliphatic rings. The van der Waals surface area contributed by atoms with E-state index in [0.717, 1.165) is 11.4 Å². The summed E-state index contributed by atoms with van der Waals surface area (Å²) in [5, 5.41) is 20.3. The van der Waals surface area contributed by atoms with Gasteiger partial charge in [-0.3, -0.25) is 9.78 Å². The lowest BCUT2D eigenvalue weighted by Crippen LogP contribution is -2.15. The Kier molecular flexibility index (Phi) is 4.17. The molecule has 100 valence electrons. The zero-order valence-electron chi connectivity index (χ0n) is 10.6. The first-order chi connectivity index (χ1) is 9.16. The van der Waals surface area contributed by atoms with Crippen LogP contribution in [-0.4, -0.2) is 36.3 Å². The molecule has 7 heteroatoms. The van der Waals surface area contributed by atoms with Crippen LogP contribution in [0, 0.1) is 5.92 Å². The molecule has 0 fully saturated rings. The molecule has 0 aliphatic carbocycles. The van der Waals surface area contributed by atoms with Crippen molar-refractivity contribution in [3.05, 3.63) is 35.9 Å². The predicted molar refractivity (Wildman–Crippen MR) is 66.3 cm³/mol. The molecule has 1 atom stereocenters. The lowest BCUT2D eigenvalue weighted by atomic mass is 10.1. The molecule has 0 saturated carbocycles. The third-order valence-electron chi connectivity index (χ3n) is 2.91. The van der Waals surface area contributed by atoms with Crippen molar-refractivity contribution in [2.45, 2.75) is 26.3 Å². The van der Waals surface area contributed by atoms with Gasteiger partial charge >= 0.3 is 5.97 Å². The molecule has 2 rings (SSSR count). The molecule has 0 amide bonds. The van der Waals surface area contributed by atoms with E-state index < -0.39 is 11.9 Å². The number of carbonyl (C=O) groups is 1. The maximum Gasteiger partial charge on any atom is 0.306 e. The third-order valence-corrected chi connectivity index (χ3v) is 2.91. The molecule has 0 aromatic carbocycles. The summed E-state index contributed by atoms with van der Waals surface area (Å²) >= 11 is 0. The highest BCUT2D eigenvalue weighted by Gasteiger charge is 2.13. The molecule has 2 aromatic heterocycles. The highest BCUT2D eigenvalue weighted by Crippen LogP contribution is 2.08. The number of pyridine rings is 1. The van der Waals surface area contributed by atoms with Crippen LogP contribution in [0.4, 0.5) is 0 Å². The molecular formula is C12H15N5O2. The number of hydrogen-bond donors (Lipinski definition) is 1. The Morgan fingerprint density at radius 2 is 2.16 bits per heavy atom. The van der Waals surface area contributed by atoms with Crippen molar-refractivity contribution in [2.24, 2.45) is 5.92 Å². The average Bonchev–Trinajstić information content (AvgIpc) is 2.84. The number of rotatable bonds is 6. The molecule has 1 N–H and O–H groups in total. The minimum absolute atomic E-state index is 0.405. The first kappa shape index (κ1) is 13.1. The molecule has 0 bridgehead atoms. The second-order valence-electron chi connectivity index (χ2n) is 4.38. The summed E-state index contributed by atoms with van der Waals surface area (Å²) in [5.74, 6) is -0.481. The monoisotopic (exact) mass is 261 g/mol. The van der Waals surface area contributed by atoms with Crippen molar-refractivity contribution in [2.75, 3.05) is 0 Å². The molecule has 19 heavy (non-hydrogen) atoms. The summed E-state index contributed by atoms with van der Waals surface area (Å²) in [6, 6.07) is 3.80. The van der Waals surface area contributed by atoms with Crippen LogP contribution < -0.4 is 0 Å². The van der Waals surface area contributed by atoms with Gasteiger partial charge in [0.15, 0.2) is 5.82 Å². The molecule has 0 spiro atoms. The van der Waals surface area contributed by atoms with Gasteiger partial charge in [0.05, 0.1) is 5.92 Å². The van der Waals surface area contributed by atoms with Gasteiger partial charge in [-0.25, -0.2) is 4.68 Å². The van der Waals surface area contributed by atoms with Crippen molar-refractivity contribution in [1.29, 1.82) is 0 Å². The lowest BCUT2D eigenvalue weighted by molar-refractivity contribution is -0.141. The standard InChI is InChI=1S/C12H15N5O2/c1-9(12(18)19)4-7-17-11(14-15-16-17)8-10-2-5-13-6-3-10/h2-3,5-6,9H,4,7-8H2,1H3,(H,18,19). The van der Waals surface area contributed by atoms with Gasteiger partial charge in [-0.15, -0.1) is 5.10 Å². The van der Waals surface area contributed by atoms with Crippen molar-refractivity contribution >= 4 is 5.97 Å². The largest absolute Gasteiger partial charge is 0.481 e. The Bertz CT molecular complexity index is 540. The zero-order valence-corrected chi connectivity index (χ0v) is 10.6. The topological polar surface area (TPSA) is 93.8 Å². The minimum atomic E-state index is -0.802. The Morgan fingerprint density at radius 1 is 1.42 bits per heavy atom. The van der Waals surface area contributed by atoms with E-state index in [0.29, 0.717) is 19.4 Å². The second kappa shape index (κ2) is 6.03. The zero-order chi connectivity index (χ0) is 13.7. The predicted octanol–water partition coefficient (Wildman–Crippen LogP) is 0.770. The number of nitrogens with zero attached hydrogens (tertiary/aromatic N) is 5. The maximum absolute atomic E-state index is 10.8. The quantitative estimate of drug-likeness (QED) is 0.825. The van der Waals surface area contributed by atoms with Crippen LogP contribution in [0.5, 0.6) is 0 Å². The van der Waals surface area contributed by atoms with Crippen LogP contribution in [0.2, 0.25) is 0 Å². The van der Waals surface area contributed by atoms with Gasteiger partial charge < -0.3 is 5.11 Å². The number of aryl methyl sites for hydroxylation is 1. The van der Waals surface area contributed by atoms with E-state index in [9.17, 15) is 4.79 Å². The summed E-state index contributed by atoms with van der Waals surface area (Å²) in [4.78, 5) is 14.7. The highest BCUT2D eigenvalue weighted by atomic mass is 16.4. The van der Waals surface area contributed by atoms with E-state index in [1.165, 1.54) is 0 Å². The molecule has 0 saturated heterocycles. The van der Waals surface area contributed by atoms with E-state index in [1.807, 2.05) is 12.1 Å². The van der Waals surface area contributed by atoms with Crippen LogP contribution >= 0.6 is 0 Å². The highest BCUT2D eigenvalue weighted by molar-refractivity contribution is 5.69. The molecule has 7 nitrogen and oxygen atoms in total. The molecule has 0 radical (unpaired) electrons. The van der Waals surface area contributed by atoms with Gasteiger partial charge in [-0.1, -0.05) is 6.92 Å². The van der Waals surface area contributed by atoms with Crippen molar-refractivity contribution in [3.63, 3.8) is 0 Å². The van der Waals surface area contributed by atoms with Gasteiger partial charge in [0.25, 0.3) is 0 Å². The molecule has 1 unspecified atom stereocenters. The Hall–Kier alpha value is -2.31. The Morgan fingerprint density at radius 3 is 2.84 bits per heavy atom. The van der Waals surface area contributed by atoms with Crippen molar-refractivity contribution in [1.82, 2.24) is 25.2 Å². The number of carboxylic acids is 1. The van der Waals surface area contributed by atoms with Gasteiger partial charge in [-0.2, -0.15) is 0 Å². The number of aliphatic carboxylic acids is 1. The minimum Gasteiger partial charge on any atom is -0.481 e. The first-order valence-electron chi connectivity index (χ1n) is 6.03. The maximum atomic E-state index is 10.8. The lowest BCUT2D eigenvalue weighted by Gasteiger charge is -2.07. The van der Waals surface area contributed by atoms with Crippen LogP contribution in [0.3, 0.4) is 0 Å². The summed E-state index contributed by atoms with van der Waals surface area (Å²) in [6.07, 6.45) is 4.55. The van der Waals surface area contributed by atoms with Crippen LogP contribution in [0.15, 0.2) is 24.5 Å². The normalized spacial score (nSPS) is 12.3. The molecular weight excluding hydrogens is 246 g/mol. The number of tetrazole rings is 1. The Labute approximate surface area is 110 Å². The van der Waals surface area contributed by atoms with Crippen LogP contribution in [0.1, 0.15) is 24.7 Å².